The van der Waals surface area contributed by atoms with Gasteiger partial charge in [-0.25, -0.2) is 12.8 Å². The molecule has 0 spiro atoms. The summed E-state index contributed by atoms with van der Waals surface area (Å²) in [5.41, 5.74) is 1.04. The maximum absolute atomic E-state index is 14.7. The number of nitrogens with zero attached hydrogens (tertiary/aromatic N) is 2. The smallest absolute Gasteiger partial charge is 0.244 e. The average Bonchev–Trinajstić information content (AvgIpc) is 3.22. The zero-order chi connectivity index (χ0) is 20.6. The SMILES string of the molecule is COc1ccc(S(=O)(=O)N2CCn3cccc3C2c2ccccc2F)cc1OC. The second-order valence-electron chi connectivity index (χ2n) is 6.68. The van der Waals surface area contributed by atoms with Gasteiger partial charge >= 0.3 is 0 Å². The summed E-state index contributed by atoms with van der Waals surface area (Å²) in [5, 5.41) is 0. The Morgan fingerprint density at radius 3 is 2.45 bits per heavy atom. The number of halogens is 1. The summed E-state index contributed by atoms with van der Waals surface area (Å²) >= 11 is 0. The molecule has 1 atom stereocenters. The van der Waals surface area contributed by atoms with Gasteiger partial charge < -0.3 is 14.0 Å². The summed E-state index contributed by atoms with van der Waals surface area (Å²) in [6, 6.07) is 13.6. The van der Waals surface area contributed by atoms with Crippen LogP contribution in [0.2, 0.25) is 0 Å². The van der Waals surface area contributed by atoms with E-state index in [1.165, 1.54) is 36.7 Å². The van der Waals surface area contributed by atoms with Gasteiger partial charge in [0.15, 0.2) is 11.5 Å². The summed E-state index contributed by atoms with van der Waals surface area (Å²) in [7, 11) is -1.00. The Labute approximate surface area is 169 Å². The lowest BCUT2D eigenvalue weighted by Crippen LogP contribution is -2.42. The van der Waals surface area contributed by atoms with Gasteiger partial charge in [0.1, 0.15) is 5.82 Å². The van der Waals surface area contributed by atoms with Crippen LogP contribution in [0.5, 0.6) is 11.5 Å². The van der Waals surface area contributed by atoms with Crippen molar-refractivity contribution in [1.82, 2.24) is 8.87 Å². The van der Waals surface area contributed by atoms with E-state index in [1.54, 1.807) is 24.3 Å². The van der Waals surface area contributed by atoms with Crippen molar-refractivity contribution in [3.8, 4) is 11.5 Å². The van der Waals surface area contributed by atoms with Crippen molar-refractivity contribution in [3.63, 3.8) is 0 Å². The van der Waals surface area contributed by atoms with Crippen LogP contribution in [-0.4, -0.2) is 38.1 Å². The minimum atomic E-state index is -3.94. The number of hydrogen-bond donors (Lipinski definition) is 0. The normalized spacial score (nSPS) is 17.0. The Morgan fingerprint density at radius 1 is 0.966 bits per heavy atom. The maximum Gasteiger partial charge on any atom is 0.244 e. The van der Waals surface area contributed by atoms with Crippen molar-refractivity contribution < 1.29 is 22.3 Å². The Morgan fingerprint density at radius 2 is 1.72 bits per heavy atom. The molecule has 3 aromatic rings. The molecule has 1 aliphatic rings. The molecule has 0 N–H and O–H groups in total. The number of benzene rings is 2. The number of ether oxygens (including phenoxy) is 2. The van der Waals surface area contributed by atoms with E-state index in [0.717, 1.165) is 5.69 Å². The largest absolute Gasteiger partial charge is 0.493 e. The Hall–Kier alpha value is -2.84. The van der Waals surface area contributed by atoms with Gasteiger partial charge in [-0.2, -0.15) is 4.31 Å². The molecule has 152 valence electrons. The van der Waals surface area contributed by atoms with Crippen LogP contribution in [-0.2, 0) is 16.6 Å². The molecular formula is C21H21FN2O4S. The van der Waals surface area contributed by atoms with E-state index >= 15 is 0 Å². The van der Waals surface area contributed by atoms with Crippen LogP contribution in [0.1, 0.15) is 17.3 Å². The first-order chi connectivity index (χ1) is 14.0. The zero-order valence-corrected chi connectivity index (χ0v) is 16.9. The van der Waals surface area contributed by atoms with E-state index in [1.807, 2.05) is 22.9 Å². The van der Waals surface area contributed by atoms with Gasteiger partial charge in [0.25, 0.3) is 0 Å². The van der Waals surface area contributed by atoms with Gasteiger partial charge in [-0.05, 0) is 30.3 Å². The summed E-state index contributed by atoms with van der Waals surface area (Å²) < 4.78 is 55.6. The lowest BCUT2D eigenvalue weighted by Gasteiger charge is -2.36. The molecule has 0 saturated heterocycles. The fourth-order valence-electron chi connectivity index (χ4n) is 3.74. The summed E-state index contributed by atoms with van der Waals surface area (Å²) in [4.78, 5) is 0.0662. The molecule has 0 saturated carbocycles. The predicted octanol–water partition coefficient (Wildman–Crippen LogP) is 3.44. The first-order valence-electron chi connectivity index (χ1n) is 9.10. The highest BCUT2D eigenvalue weighted by Gasteiger charge is 2.39. The quantitative estimate of drug-likeness (QED) is 0.639. The van der Waals surface area contributed by atoms with Crippen LogP contribution in [0.3, 0.4) is 0 Å². The van der Waals surface area contributed by atoms with Crippen molar-refractivity contribution in [1.29, 1.82) is 0 Å². The van der Waals surface area contributed by atoms with Crippen LogP contribution >= 0.6 is 0 Å². The van der Waals surface area contributed by atoms with Gasteiger partial charge in [-0.3, -0.25) is 0 Å². The van der Waals surface area contributed by atoms with Gasteiger partial charge in [-0.1, -0.05) is 18.2 Å². The van der Waals surface area contributed by atoms with Crippen molar-refractivity contribution >= 4 is 10.0 Å². The highest BCUT2D eigenvalue weighted by molar-refractivity contribution is 7.89. The fraction of sp³-hybridized carbons (Fsp3) is 0.238. The van der Waals surface area contributed by atoms with Crippen LogP contribution in [0.15, 0.2) is 65.7 Å². The maximum atomic E-state index is 14.7. The van der Waals surface area contributed by atoms with Gasteiger partial charge in [0, 0.05) is 36.6 Å². The summed E-state index contributed by atoms with van der Waals surface area (Å²) in [6.07, 6.45) is 1.88. The number of aromatic nitrogens is 1. The highest BCUT2D eigenvalue weighted by atomic mass is 32.2. The molecule has 0 bridgehead atoms. The second-order valence-corrected chi connectivity index (χ2v) is 8.57. The predicted molar refractivity (Wildman–Crippen MR) is 106 cm³/mol. The van der Waals surface area contributed by atoms with Crippen molar-refractivity contribution in [3.05, 3.63) is 77.9 Å². The molecule has 29 heavy (non-hydrogen) atoms. The molecule has 2 heterocycles. The average molecular weight is 416 g/mol. The zero-order valence-electron chi connectivity index (χ0n) is 16.1. The third-order valence-corrected chi connectivity index (χ3v) is 7.02. The van der Waals surface area contributed by atoms with Crippen molar-refractivity contribution in [2.24, 2.45) is 0 Å². The van der Waals surface area contributed by atoms with Gasteiger partial charge in [-0.15, -0.1) is 0 Å². The van der Waals surface area contributed by atoms with E-state index in [2.05, 4.69) is 0 Å². The molecule has 0 aliphatic carbocycles. The molecule has 6 nitrogen and oxygen atoms in total. The molecule has 1 unspecified atom stereocenters. The first kappa shape index (κ1) is 19.5. The Kier molecular flexibility index (Phi) is 5.06. The van der Waals surface area contributed by atoms with Gasteiger partial charge in [0.05, 0.1) is 25.2 Å². The molecule has 0 radical (unpaired) electrons. The Bertz CT molecular complexity index is 1140. The standard InChI is InChI=1S/C21H21FN2O4S/c1-27-19-10-9-15(14-20(19)28-2)29(25,26)24-13-12-23-11-5-8-18(23)21(24)16-6-3-4-7-17(16)22/h3-11,14,21H,12-13H2,1-2H3. The molecule has 1 aliphatic heterocycles. The van der Waals surface area contributed by atoms with E-state index in [4.69, 9.17) is 9.47 Å². The van der Waals surface area contributed by atoms with Crippen LogP contribution < -0.4 is 9.47 Å². The number of hydrogen-bond acceptors (Lipinski definition) is 4. The molecule has 0 amide bonds. The Balaban J connectivity index is 1.85. The summed E-state index contributed by atoms with van der Waals surface area (Å²) in [5.74, 6) is 0.306. The summed E-state index contributed by atoms with van der Waals surface area (Å²) in [6.45, 7) is 0.706. The molecule has 2 aromatic carbocycles. The lowest BCUT2D eigenvalue weighted by atomic mass is 10.0. The van der Waals surface area contributed by atoms with E-state index in [-0.39, 0.29) is 11.4 Å². The minimum absolute atomic E-state index is 0.0662. The van der Waals surface area contributed by atoms with E-state index in [9.17, 15) is 12.8 Å². The fourth-order valence-corrected chi connectivity index (χ4v) is 5.33. The highest BCUT2D eigenvalue weighted by Crippen LogP contribution is 2.39. The number of fused-ring (bicyclic) bond motifs is 1. The van der Waals surface area contributed by atoms with Crippen molar-refractivity contribution in [2.75, 3.05) is 20.8 Å². The van der Waals surface area contributed by atoms with Crippen LogP contribution in [0, 0.1) is 5.82 Å². The number of rotatable bonds is 5. The second kappa shape index (κ2) is 7.53. The number of methoxy groups -OCH3 is 2. The van der Waals surface area contributed by atoms with E-state index in [0.29, 0.717) is 23.6 Å². The first-order valence-corrected chi connectivity index (χ1v) is 10.5. The monoisotopic (exact) mass is 416 g/mol. The van der Waals surface area contributed by atoms with Crippen molar-refractivity contribution in [2.45, 2.75) is 17.5 Å². The number of sulfonamides is 1. The van der Waals surface area contributed by atoms with Crippen LogP contribution in [0.25, 0.3) is 0 Å². The molecule has 8 heteroatoms. The lowest BCUT2D eigenvalue weighted by molar-refractivity contribution is 0.292. The third kappa shape index (κ3) is 3.28. The van der Waals surface area contributed by atoms with Gasteiger partial charge in [0.2, 0.25) is 10.0 Å². The molecule has 4 rings (SSSR count). The molecule has 0 fully saturated rings. The topological polar surface area (TPSA) is 60.8 Å². The van der Waals surface area contributed by atoms with Crippen LogP contribution in [0.4, 0.5) is 4.39 Å². The van der Waals surface area contributed by atoms with E-state index < -0.39 is 21.9 Å². The third-order valence-electron chi connectivity index (χ3n) is 5.16. The molecular weight excluding hydrogens is 395 g/mol. The molecule has 1 aromatic heterocycles. The minimum Gasteiger partial charge on any atom is -0.493 e.